The number of aromatic nitrogens is 2. The van der Waals surface area contributed by atoms with Gasteiger partial charge in [0.15, 0.2) is 0 Å². The van der Waals surface area contributed by atoms with E-state index in [1.165, 1.54) is 18.4 Å². The summed E-state index contributed by atoms with van der Waals surface area (Å²) in [6.45, 7) is 4.42. The van der Waals surface area contributed by atoms with E-state index in [9.17, 15) is 0 Å². The van der Waals surface area contributed by atoms with Crippen molar-refractivity contribution in [2.75, 3.05) is 11.2 Å². The summed E-state index contributed by atoms with van der Waals surface area (Å²) in [5, 5.41) is 5.79. The molecule has 0 aromatic carbocycles. The lowest BCUT2D eigenvalue weighted by Gasteiger charge is -2.39. The summed E-state index contributed by atoms with van der Waals surface area (Å²) in [6.07, 6.45) is 6.35. The Morgan fingerprint density at radius 2 is 2.15 bits per heavy atom. The van der Waals surface area contributed by atoms with Gasteiger partial charge in [-0.3, -0.25) is 0 Å². The van der Waals surface area contributed by atoms with Gasteiger partial charge in [0.2, 0.25) is 0 Å². The topological polar surface area (TPSA) is 37.8 Å². The van der Waals surface area contributed by atoms with Crippen LogP contribution < -0.4 is 5.32 Å². The van der Waals surface area contributed by atoms with Crippen molar-refractivity contribution in [1.82, 2.24) is 9.97 Å². The van der Waals surface area contributed by atoms with Crippen LogP contribution in [0.2, 0.25) is 0 Å². The number of aryl methyl sites for hydroxylation is 1. The fourth-order valence-corrected chi connectivity index (χ4v) is 4.20. The van der Waals surface area contributed by atoms with Crippen LogP contribution in [0.4, 0.5) is 5.82 Å². The van der Waals surface area contributed by atoms with E-state index in [0.29, 0.717) is 5.88 Å². The molecule has 2 aromatic heterocycles. The van der Waals surface area contributed by atoms with E-state index < -0.39 is 0 Å². The molecule has 1 aliphatic carbocycles. The molecular formula is C15H20ClN3S. The van der Waals surface area contributed by atoms with Gasteiger partial charge in [-0.1, -0.05) is 6.92 Å². The minimum atomic E-state index is -0.00670. The molecule has 3 nitrogen and oxygen atoms in total. The second-order valence-corrected chi connectivity index (χ2v) is 7.19. The highest BCUT2D eigenvalue weighted by atomic mass is 35.5. The molecule has 1 fully saturated rings. The Bertz CT molecular complexity index is 602. The van der Waals surface area contributed by atoms with Gasteiger partial charge in [0.05, 0.1) is 15.8 Å². The second kappa shape index (κ2) is 5.49. The van der Waals surface area contributed by atoms with Crippen molar-refractivity contribution < 1.29 is 0 Å². The third-order valence-corrected chi connectivity index (χ3v) is 6.01. The average molecular weight is 310 g/mol. The molecule has 2 heterocycles. The largest absolute Gasteiger partial charge is 0.362 e. The molecule has 0 bridgehead atoms. The quantitative estimate of drug-likeness (QED) is 0.842. The Labute approximate surface area is 128 Å². The van der Waals surface area contributed by atoms with Gasteiger partial charge in [0, 0.05) is 5.88 Å². The molecule has 3 rings (SSSR count). The number of halogens is 1. The summed E-state index contributed by atoms with van der Waals surface area (Å²) in [5.74, 6) is 2.39. The average Bonchev–Trinajstić information content (AvgIpc) is 2.85. The van der Waals surface area contributed by atoms with E-state index in [0.717, 1.165) is 34.8 Å². The molecule has 20 heavy (non-hydrogen) atoms. The van der Waals surface area contributed by atoms with Gasteiger partial charge in [-0.15, -0.1) is 22.9 Å². The van der Waals surface area contributed by atoms with Gasteiger partial charge >= 0.3 is 0 Å². The molecule has 0 spiro atoms. The molecule has 1 saturated carbocycles. The maximum Gasteiger partial charge on any atom is 0.147 e. The van der Waals surface area contributed by atoms with Gasteiger partial charge in [-0.25, -0.2) is 9.97 Å². The molecule has 108 valence electrons. The highest BCUT2D eigenvalue weighted by Gasteiger charge is 2.34. The third-order valence-electron chi connectivity index (χ3n) is 4.40. The first-order chi connectivity index (χ1) is 9.63. The summed E-state index contributed by atoms with van der Waals surface area (Å²) in [4.78, 5) is 8.84. The monoisotopic (exact) mass is 309 g/mol. The number of thiophene rings is 1. The number of anilines is 1. The number of nitrogens with one attached hydrogen (secondary N) is 1. The third kappa shape index (κ3) is 2.51. The van der Waals surface area contributed by atoms with Crippen LogP contribution in [-0.2, 0) is 0 Å². The van der Waals surface area contributed by atoms with E-state index >= 15 is 0 Å². The Balaban J connectivity index is 1.91. The zero-order valence-electron chi connectivity index (χ0n) is 11.9. The van der Waals surface area contributed by atoms with E-state index in [-0.39, 0.29) is 5.54 Å². The van der Waals surface area contributed by atoms with Crippen LogP contribution in [0.5, 0.6) is 0 Å². The molecule has 0 aliphatic heterocycles. The minimum Gasteiger partial charge on any atom is -0.362 e. The summed E-state index contributed by atoms with van der Waals surface area (Å²) in [5.41, 5.74) is 2.27. The fourth-order valence-electron chi connectivity index (χ4n) is 2.92. The Morgan fingerprint density at radius 3 is 2.85 bits per heavy atom. The van der Waals surface area contributed by atoms with Crippen molar-refractivity contribution in [1.29, 1.82) is 0 Å². The number of rotatable bonds is 3. The Kier molecular flexibility index (Phi) is 3.87. The fraction of sp³-hybridized carbons (Fsp3) is 0.600. The SMILES string of the molecule is Cc1csc2c(NC3(CCl)CCC(C)CC3)ncnc12. The number of nitrogens with zero attached hydrogens (tertiary/aromatic N) is 2. The van der Waals surface area contributed by atoms with Crippen molar-refractivity contribution in [3.8, 4) is 0 Å². The lowest BCUT2D eigenvalue weighted by atomic mass is 9.78. The van der Waals surface area contributed by atoms with Crippen LogP contribution in [0.3, 0.4) is 0 Å². The van der Waals surface area contributed by atoms with Gasteiger partial charge in [-0.2, -0.15) is 0 Å². The summed E-state index contributed by atoms with van der Waals surface area (Å²) < 4.78 is 1.15. The van der Waals surface area contributed by atoms with Crippen molar-refractivity contribution in [3.63, 3.8) is 0 Å². The number of hydrogen-bond acceptors (Lipinski definition) is 4. The van der Waals surface area contributed by atoms with Gasteiger partial charge in [0.1, 0.15) is 12.1 Å². The molecule has 0 unspecified atom stereocenters. The van der Waals surface area contributed by atoms with Crippen molar-refractivity contribution in [3.05, 3.63) is 17.3 Å². The Hall–Kier alpha value is -0.870. The highest BCUT2D eigenvalue weighted by Crippen LogP contribution is 2.37. The lowest BCUT2D eigenvalue weighted by Crippen LogP contribution is -2.43. The van der Waals surface area contributed by atoms with Crippen molar-refractivity contribution >= 4 is 39.0 Å². The summed E-state index contributed by atoms with van der Waals surface area (Å²) >= 11 is 8.00. The predicted molar refractivity (Wildman–Crippen MR) is 86.9 cm³/mol. The van der Waals surface area contributed by atoms with Crippen LogP contribution >= 0.6 is 22.9 Å². The zero-order chi connectivity index (χ0) is 14.2. The normalized spacial score (nSPS) is 26.9. The molecule has 1 N–H and O–H groups in total. The van der Waals surface area contributed by atoms with E-state index in [4.69, 9.17) is 11.6 Å². The maximum atomic E-state index is 6.29. The van der Waals surface area contributed by atoms with E-state index in [1.54, 1.807) is 17.7 Å². The first kappa shape index (κ1) is 14.1. The number of hydrogen-bond donors (Lipinski definition) is 1. The maximum absolute atomic E-state index is 6.29. The van der Waals surface area contributed by atoms with Crippen LogP contribution in [-0.4, -0.2) is 21.4 Å². The molecule has 0 saturated heterocycles. The van der Waals surface area contributed by atoms with Crippen LogP contribution in [0, 0.1) is 12.8 Å². The molecular weight excluding hydrogens is 290 g/mol. The zero-order valence-corrected chi connectivity index (χ0v) is 13.5. The second-order valence-electron chi connectivity index (χ2n) is 6.04. The van der Waals surface area contributed by atoms with Crippen LogP contribution in [0.25, 0.3) is 10.2 Å². The summed E-state index contributed by atoms with van der Waals surface area (Å²) in [7, 11) is 0. The van der Waals surface area contributed by atoms with Gasteiger partial charge in [-0.05, 0) is 49.5 Å². The molecule has 0 amide bonds. The molecule has 2 aromatic rings. The van der Waals surface area contributed by atoms with Gasteiger partial charge < -0.3 is 5.32 Å². The first-order valence-corrected chi connectivity index (χ1v) is 8.58. The van der Waals surface area contributed by atoms with Crippen molar-refractivity contribution in [2.45, 2.75) is 45.1 Å². The molecule has 0 radical (unpaired) electrons. The van der Waals surface area contributed by atoms with Crippen LogP contribution in [0.1, 0.15) is 38.2 Å². The van der Waals surface area contributed by atoms with Gasteiger partial charge in [0.25, 0.3) is 0 Å². The standard InChI is InChI=1S/C15H20ClN3S/c1-10-3-5-15(8-16,6-4-10)19-14-13-12(17-9-18-14)11(2)7-20-13/h7,9-10H,3-6,8H2,1-2H3,(H,17,18,19). The predicted octanol–water partition coefficient (Wildman–Crippen LogP) is 4.60. The van der Waals surface area contributed by atoms with E-state index in [2.05, 4.69) is 34.5 Å². The van der Waals surface area contributed by atoms with Crippen molar-refractivity contribution in [2.24, 2.45) is 5.92 Å². The smallest absolute Gasteiger partial charge is 0.147 e. The first-order valence-electron chi connectivity index (χ1n) is 7.16. The van der Waals surface area contributed by atoms with Crippen LogP contribution in [0.15, 0.2) is 11.7 Å². The Morgan fingerprint density at radius 1 is 1.40 bits per heavy atom. The minimum absolute atomic E-state index is 0.00670. The lowest BCUT2D eigenvalue weighted by molar-refractivity contribution is 0.286. The molecule has 5 heteroatoms. The molecule has 0 atom stereocenters. The highest BCUT2D eigenvalue weighted by molar-refractivity contribution is 7.18. The van der Waals surface area contributed by atoms with E-state index in [1.807, 2.05) is 0 Å². The molecule has 1 aliphatic rings. The summed E-state index contributed by atoms with van der Waals surface area (Å²) in [6, 6.07) is 0. The number of fused-ring (bicyclic) bond motifs is 1. The number of alkyl halides is 1.